The molecular weight excluding hydrogens is 305 g/mol. The van der Waals surface area contributed by atoms with E-state index in [2.05, 4.69) is 20.9 Å². The van der Waals surface area contributed by atoms with E-state index >= 15 is 0 Å². The van der Waals surface area contributed by atoms with Crippen LogP contribution in [-0.4, -0.2) is 16.7 Å². The summed E-state index contributed by atoms with van der Waals surface area (Å²) >= 11 is 9.47. The number of ether oxygens (including phenoxy) is 1. The molecule has 0 saturated heterocycles. The molecule has 1 aromatic carbocycles. The third-order valence-electron chi connectivity index (χ3n) is 2.51. The van der Waals surface area contributed by atoms with Crippen molar-refractivity contribution in [3.8, 4) is 17.0 Å². The first-order valence-corrected chi connectivity index (χ1v) is 6.03. The number of hydrogen-bond donors (Lipinski definition) is 1. The molecule has 0 saturated carbocycles. The molecule has 0 unspecified atom stereocenters. The number of nitrogens with two attached hydrogens (primary N) is 1. The van der Waals surface area contributed by atoms with Gasteiger partial charge in [0.15, 0.2) is 0 Å². The average Bonchev–Trinajstić information content (AvgIpc) is 2.53. The van der Waals surface area contributed by atoms with Crippen molar-refractivity contribution in [2.75, 3.05) is 12.8 Å². The number of methoxy groups -OCH3 is 1. The van der Waals surface area contributed by atoms with Gasteiger partial charge in [-0.15, -0.1) is 0 Å². The highest BCUT2D eigenvalue weighted by Gasteiger charge is 2.14. The van der Waals surface area contributed by atoms with E-state index in [4.69, 9.17) is 22.1 Å². The summed E-state index contributed by atoms with van der Waals surface area (Å²) in [7, 11) is 3.43. The maximum atomic E-state index is 6.09. The maximum Gasteiger partial charge on any atom is 0.201 e. The minimum absolute atomic E-state index is 0.443. The Labute approximate surface area is 112 Å². The number of halogens is 2. The van der Waals surface area contributed by atoms with Crippen molar-refractivity contribution in [1.82, 2.24) is 9.55 Å². The van der Waals surface area contributed by atoms with Gasteiger partial charge in [-0.05, 0) is 34.1 Å². The standard InChI is InChI=1S/C11H11BrClN3O/c1-16-9(10(12)15-11(16)14)6-3-4-8(17-2)7(13)5-6/h3-5H,1-2H3,(H2,14,15). The average molecular weight is 317 g/mol. The number of nitrogens with zero attached hydrogens (tertiary/aromatic N) is 2. The van der Waals surface area contributed by atoms with Crippen LogP contribution in [0, 0.1) is 0 Å². The van der Waals surface area contributed by atoms with Crippen molar-refractivity contribution in [3.05, 3.63) is 27.8 Å². The lowest BCUT2D eigenvalue weighted by atomic mass is 10.1. The molecule has 17 heavy (non-hydrogen) atoms. The van der Waals surface area contributed by atoms with Crippen LogP contribution in [0.4, 0.5) is 5.95 Å². The molecule has 1 aromatic heterocycles. The summed E-state index contributed by atoms with van der Waals surface area (Å²) in [4.78, 5) is 4.14. The number of nitrogen functional groups attached to an aromatic ring is 1. The first-order valence-electron chi connectivity index (χ1n) is 4.86. The van der Waals surface area contributed by atoms with Crippen LogP contribution in [0.25, 0.3) is 11.3 Å². The summed E-state index contributed by atoms with van der Waals surface area (Å²) in [5.41, 5.74) is 7.54. The number of hydrogen-bond acceptors (Lipinski definition) is 3. The smallest absolute Gasteiger partial charge is 0.201 e. The van der Waals surface area contributed by atoms with Gasteiger partial charge in [-0.2, -0.15) is 0 Å². The maximum absolute atomic E-state index is 6.09. The van der Waals surface area contributed by atoms with Gasteiger partial charge in [0.2, 0.25) is 5.95 Å². The molecule has 90 valence electrons. The molecule has 2 N–H and O–H groups in total. The Morgan fingerprint density at radius 1 is 1.47 bits per heavy atom. The molecule has 0 amide bonds. The number of imidazole rings is 1. The SMILES string of the molecule is COc1ccc(-c2c(Br)nc(N)n2C)cc1Cl. The zero-order valence-corrected chi connectivity index (χ0v) is 11.7. The van der Waals surface area contributed by atoms with Gasteiger partial charge in [0.1, 0.15) is 10.4 Å². The molecule has 2 aromatic rings. The largest absolute Gasteiger partial charge is 0.495 e. The molecule has 0 spiro atoms. The Morgan fingerprint density at radius 3 is 2.65 bits per heavy atom. The Balaban J connectivity index is 2.57. The topological polar surface area (TPSA) is 53.1 Å². The number of rotatable bonds is 2. The molecule has 2 rings (SSSR count). The summed E-state index contributed by atoms with van der Waals surface area (Å²) in [5.74, 6) is 1.08. The summed E-state index contributed by atoms with van der Waals surface area (Å²) in [6.45, 7) is 0. The van der Waals surface area contributed by atoms with E-state index in [9.17, 15) is 0 Å². The van der Waals surface area contributed by atoms with Crippen LogP contribution in [-0.2, 0) is 7.05 Å². The fraction of sp³-hybridized carbons (Fsp3) is 0.182. The van der Waals surface area contributed by atoms with Crippen molar-refractivity contribution in [2.45, 2.75) is 0 Å². The highest BCUT2D eigenvalue weighted by atomic mass is 79.9. The third kappa shape index (κ3) is 2.12. The van der Waals surface area contributed by atoms with Crippen LogP contribution in [0.1, 0.15) is 0 Å². The molecule has 0 fully saturated rings. The minimum Gasteiger partial charge on any atom is -0.495 e. The van der Waals surface area contributed by atoms with Gasteiger partial charge in [-0.1, -0.05) is 11.6 Å². The zero-order valence-electron chi connectivity index (χ0n) is 9.37. The lowest BCUT2D eigenvalue weighted by molar-refractivity contribution is 0.415. The van der Waals surface area contributed by atoms with Crippen LogP contribution in [0.5, 0.6) is 5.75 Å². The lowest BCUT2D eigenvalue weighted by Gasteiger charge is -2.07. The molecule has 0 aliphatic rings. The number of aromatic nitrogens is 2. The van der Waals surface area contributed by atoms with Gasteiger partial charge in [0, 0.05) is 12.6 Å². The summed E-state index contributed by atoms with van der Waals surface area (Å²) in [6, 6.07) is 5.54. The fourth-order valence-corrected chi connectivity index (χ4v) is 2.54. The van der Waals surface area contributed by atoms with Crippen LogP contribution in [0.3, 0.4) is 0 Å². The third-order valence-corrected chi connectivity index (χ3v) is 3.36. The molecular formula is C11H11BrClN3O. The highest BCUT2D eigenvalue weighted by Crippen LogP contribution is 2.34. The van der Waals surface area contributed by atoms with Crippen molar-refractivity contribution in [3.63, 3.8) is 0 Å². The van der Waals surface area contributed by atoms with Gasteiger partial charge in [0.05, 0.1) is 17.8 Å². The van der Waals surface area contributed by atoms with Gasteiger partial charge in [-0.25, -0.2) is 4.98 Å². The quantitative estimate of drug-likeness (QED) is 0.926. The number of benzene rings is 1. The summed E-state index contributed by atoms with van der Waals surface area (Å²) < 4.78 is 7.60. The van der Waals surface area contributed by atoms with Gasteiger partial charge < -0.3 is 15.0 Å². The van der Waals surface area contributed by atoms with E-state index in [1.165, 1.54) is 0 Å². The summed E-state index contributed by atoms with van der Waals surface area (Å²) in [5, 5.41) is 0.552. The predicted molar refractivity (Wildman–Crippen MR) is 72.3 cm³/mol. The highest BCUT2D eigenvalue weighted by molar-refractivity contribution is 9.10. The van der Waals surface area contributed by atoms with E-state index in [0.29, 0.717) is 21.3 Å². The monoisotopic (exact) mass is 315 g/mol. The molecule has 4 nitrogen and oxygen atoms in total. The first kappa shape index (κ1) is 12.3. The normalized spacial score (nSPS) is 10.6. The molecule has 6 heteroatoms. The molecule has 0 aliphatic carbocycles. The molecule has 0 atom stereocenters. The van der Waals surface area contributed by atoms with Gasteiger partial charge in [0.25, 0.3) is 0 Å². The molecule has 0 aliphatic heterocycles. The molecule has 0 radical (unpaired) electrons. The van der Waals surface area contributed by atoms with Crippen LogP contribution < -0.4 is 10.5 Å². The molecule has 1 heterocycles. The van der Waals surface area contributed by atoms with Crippen LogP contribution >= 0.6 is 27.5 Å². The Bertz CT molecular complexity index is 568. The van der Waals surface area contributed by atoms with Crippen molar-refractivity contribution < 1.29 is 4.74 Å². The summed E-state index contributed by atoms with van der Waals surface area (Å²) in [6.07, 6.45) is 0. The Kier molecular flexibility index (Phi) is 3.31. The van der Waals surface area contributed by atoms with Crippen molar-refractivity contribution in [1.29, 1.82) is 0 Å². The van der Waals surface area contributed by atoms with Crippen LogP contribution in [0.15, 0.2) is 22.8 Å². The first-order chi connectivity index (χ1) is 8.04. The van der Waals surface area contributed by atoms with Crippen molar-refractivity contribution in [2.24, 2.45) is 7.05 Å². The second kappa shape index (κ2) is 4.58. The minimum atomic E-state index is 0.443. The zero-order chi connectivity index (χ0) is 12.6. The Hall–Kier alpha value is -1.20. The van der Waals surface area contributed by atoms with E-state index in [1.54, 1.807) is 11.7 Å². The second-order valence-corrected chi connectivity index (χ2v) is 4.68. The number of anilines is 1. The van der Waals surface area contributed by atoms with Gasteiger partial charge >= 0.3 is 0 Å². The van der Waals surface area contributed by atoms with Gasteiger partial charge in [-0.3, -0.25) is 0 Å². The fourth-order valence-electron chi connectivity index (χ4n) is 1.61. The van der Waals surface area contributed by atoms with Crippen molar-refractivity contribution >= 4 is 33.5 Å². The van der Waals surface area contributed by atoms with E-state index in [0.717, 1.165) is 11.3 Å². The van der Waals surface area contributed by atoms with Crippen LogP contribution in [0.2, 0.25) is 5.02 Å². The van der Waals surface area contributed by atoms with E-state index in [1.807, 2.05) is 25.2 Å². The predicted octanol–water partition coefficient (Wildman–Crippen LogP) is 3.09. The lowest BCUT2D eigenvalue weighted by Crippen LogP contribution is -1.98. The second-order valence-electron chi connectivity index (χ2n) is 3.52. The Morgan fingerprint density at radius 2 is 2.18 bits per heavy atom. The molecule has 0 bridgehead atoms. The van der Waals surface area contributed by atoms with E-state index in [-0.39, 0.29) is 0 Å². The van der Waals surface area contributed by atoms with E-state index < -0.39 is 0 Å².